The number of amides is 6. The lowest BCUT2D eigenvalue weighted by molar-refractivity contribution is -0.136. The molecule has 5 aromatic rings. The molecule has 1 unspecified atom stereocenters. The van der Waals surface area contributed by atoms with Gasteiger partial charge in [-0.05, 0) is 69.3 Å². The number of nitrogens with one attached hydrogen (secondary N) is 3. The Kier molecular flexibility index (Phi) is 11.0. The second-order valence-corrected chi connectivity index (χ2v) is 16.1. The van der Waals surface area contributed by atoms with Crippen LogP contribution in [0.5, 0.6) is 0 Å². The van der Waals surface area contributed by atoms with Crippen LogP contribution >= 0.6 is 0 Å². The molecular formula is C42H45FN12O6. The maximum absolute atomic E-state index is 15.4. The molecule has 2 saturated heterocycles. The van der Waals surface area contributed by atoms with Gasteiger partial charge in [-0.2, -0.15) is 10.1 Å². The molecule has 316 valence electrons. The van der Waals surface area contributed by atoms with Crippen molar-refractivity contribution in [1.82, 2.24) is 44.8 Å². The number of anilines is 3. The summed E-state index contributed by atoms with van der Waals surface area (Å²) in [5.41, 5.74) is 4.43. The SMILES string of the molecule is Cc1cc(NC(=O)Nc2cnc3ccnn3c2C2CCCC2)cnc1-c1noc(CCCCCN2CCN(c3cc4c(cc3F)C(=O)N(C3CCC(=O)NC3=O)C4=O)CC2)n1. The van der Waals surface area contributed by atoms with Gasteiger partial charge in [-0.25, -0.2) is 18.7 Å². The molecule has 3 aliphatic heterocycles. The highest BCUT2D eigenvalue weighted by Crippen LogP contribution is 2.38. The minimum absolute atomic E-state index is 0.0115. The number of aromatic nitrogens is 6. The smallest absolute Gasteiger partial charge is 0.323 e. The van der Waals surface area contributed by atoms with Crippen molar-refractivity contribution in [2.24, 2.45) is 0 Å². The Labute approximate surface area is 349 Å². The minimum Gasteiger partial charge on any atom is -0.367 e. The Morgan fingerprint density at radius 3 is 2.49 bits per heavy atom. The van der Waals surface area contributed by atoms with Crippen molar-refractivity contribution >= 4 is 52.4 Å². The predicted molar refractivity (Wildman–Crippen MR) is 218 cm³/mol. The minimum atomic E-state index is -1.11. The van der Waals surface area contributed by atoms with Gasteiger partial charge in [0.05, 0.1) is 52.5 Å². The van der Waals surface area contributed by atoms with Crippen LogP contribution in [0, 0.1) is 12.7 Å². The van der Waals surface area contributed by atoms with Gasteiger partial charge in [0.2, 0.25) is 23.5 Å². The molecule has 1 atom stereocenters. The number of rotatable bonds is 12. The first-order valence-electron chi connectivity index (χ1n) is 20.8. The molecule has 0 bridgehead atoms. The van der Waals surface area contributed by atoms with Crippen molar-refractivity contribution in [3.05, 3.63) is 76.9 Å². The van der Waals surface area contributed by atoms with Gasteiger partial charge < -0.3 is 20.1 Å². The quantitative estimate of drug-likeness (QED) is 0.113. The molecule has 6 amide bonds. The third-order valence-electron chi connectivity index (χ3n) is 12.0. The molecule has 0 spiro atoms. The molecule has 1 aliphatic carbocycles. The number of piperazine rings is 1. The average molecular weight is 833 g/mol. The number of halogens is 1. The summed E-state index contributed by atoms with van der Waals surface area (Å²) in [6.45, 7) is 5.22. The van der Waals surface area contributed by atoms with E-state index in [0.29, 0.717) is 67.3 Å². The van der Waals surface area contributed by atoms with Crippen LogP contribution in [0.15, 0.2) is 47.4 Å². The number of nitrogens with zero attached hydrogens (tertiary/aromatic N) is 9. The number of hydrogen-bond acceptors (Lipinski definition) is 13. The monoisotopic (exact) mass is 832 g/mol. The van der Waals surface area contributed by atoms with Crippen molar-refractivity contribution in [2.75, 3.05) is 48.3 Å². The maximum atomic E-state index is 15.4. The van der Waals surface area contributed by atoms with Crippen LogP contribution in [0.1, 0.15) is 102 Å². The molecule has 4 aromatic heterocycles. The van der Waals surface area contributed by atoms with Crippen molar-refractivity contribution < 1.29 is 32.9 Å². The first kappa shape index (κ1) is 39.8. The summed E-state index contributed by atoms with van der Waals surface area (Å²) in [5.74, 6) is -1.96. The van der Waals surface area contributed by atoms with Gasteiger partial charge in [0, 0.05) is 51.0 Å². The van der Waals surface area contributed by atoms with E-state index in [2.05, 4.69) is 46.1 Å². The number of piperidine rings is 1. The zero-order valence-corrected chi connectivity index (χ0v) is 33.7. The number of fused-ring (bicyclic) bond motifs is 2. The second-order valence-electron chi connectivity index (χ2n) is 16.1. The third kappa shape index (κ3) is 8.04. The third-order valence-corrected chi connectivity index (χ3v) is 12.0. The standard InChI is InChI=1S/C42H45FN12O6/c1-24-19-26(47-42(60)48-30-23-44-33-12-13-46-55(33)37(30)25-7-4-5-8-25)22-45-36(24)38-50-35(61-51-38)9-3-2-6-14-52-15-17-53(18-16-52)32-21-28-27(20-29(32)43)40(58)54(41(28)59)31-10-11-34(56)49-39(31)57/h12-13,19-23,25,31H,2-11,14-18H2,1H3,(H2,47,48,60)(H,49,56,57). The summed E-state index contributed by atoms with van der Waals surface area (Å²) in [5, 5.41) is 16.6. The fourth-order valence-electron chi connectivity index (χ4n) is 8.92. The van der Waals surface area contributed by atoms with Gasteiger partial charge in [0.15, 0.2) is 5.65 Å². The molecule has 1 saturated carbocycles. The molecule has 61 heavy (non-hydrogen) atoms. The molecule has 1 aromatic carbocycles. The largest absolute Gasteiger partial charge is 0.367 e. The van der Waals surface area contributed by atoms with E-state index in [0.717, 1.165) is 79.4 Å². The molecule has 19 heteroatoms. The predicted octanol–water partition coefficient (Wildman–Crippen LogP) is 4.86. The lowest BCUT2D eigenvalue weighted by atomic mass is 10.0. The van der Waals surface area contributed by atoms with Crippen molar-refractivity contribution in [3.8, 4) is 11.5 Å². The number of unbranched alkanes of at least 4 members (excludes halogenated alkanes) is 2. The highest BCUT2D eigenvalue weighted by atomic mass is 19.1. The van der Waals surface area contributed by atoms with E-state index in [4.69, 9.17) is 4.52 Å². The summed E-state index contributed by atoms with van der Waals surface area (Å²) >= 11 is 0. The number of hydrogen-bond donors (Lipinski definition) is 3. The zero-order chi connectivity index (χ0) is 42.2. The van der Waals surface area contributed by atoms with E-state index < -0.39 is 41.5 Å². The molecular weight excluding hydrogens is 788 g/mol. The van der Waals surface area contributed by atoms with Crippen LogP contribution in [0.3, 0.4) is 0 Å². The van der Waals surface area contributed by atoms with Gasteiger partial charge in [0.1, 0.15) is 17.6 Å². The van der Waals surface area contributed by atoms with Gasteiger partial charge >= 0.3 is 6.03 Å². The molecule has 3 fully saturated rings. The number of urea groups is 1. The highest BCUT2D eigenvalue weighted by Gasteiger charge is 2.45. The number of carbonyl (C=O) groups excluding carboxylic acids is 5. The fraction of sp³-hybridized carbons (Fsp3) is 0.429. The van der Waals surface area contributed by atoms with Gasteiger partial charge in [0.25, 0.3) is 11.8 Å². The number of aryl methyl sites for hydroxylation is 2. The first-order chi connectivity index (χ1) is 29.6. The lowest BCUT2D eigenvalue weighted by Gasteiger charge is -2.36. The number of imide groups is 2. The summed E-state index contributed by atoms with van der Waals surface area (Å²) in [6, 6.07) is 4.65. The Balaban J connectivity index is 0.720. The summed E-state index contributed by atoms with van der Waals surface area (Å²) < 4.78 is 22.7. The van der Waals surface area contributed by atoms with Gasteiger partial charge in [-0.1, -0.05) is 24.4 Å². The fourth-order valence-corrected chi connectivity index (χ4v) is 8.92. The van der Waals surface area contributed by atoms with Crippen molar-refractivity contribution in [3.63, 3.8) is 0 Å². The van der Waals surface area contributed by atoms with E-state index in [9.17, 15) is 24.0 Å². The average Bonchev–Trinajstić information content (AvgIpc) is 4.08. The Morgan fingerprint density at radius 1 is 0.934 bits per heavy atom. The van der Waals surface area contributed by atoms with E-state index in [1.54, 1.807) is 18.6 Å². The Morgan fingerprint density at radius 2 is 1.72 bits per heavy atom. The number of pyridine rings is 1. The number of benzene rings is 1. The lowest BCUT2D eigenvalue weighted by Crippen LogP contribution is -2.54. The highest BCUT2D eigenvalue weighted by molar-refractivity contribution is 6.23. The normalized spacial score (nSPS) is 18.6. The molecule has 18 nitrogen and oxygen atoms in total. The Hall–Kier alpha value is -6.63. The van der Waals surface area contributed by atoms with E-state index in [1.807, 2.05) is 28.5 Å². The van der Waals surface area contributed by atoms with Crippen LogP contribution in [0.2, 0.25) is 0 Å². The number of carbonyl (C=O) groups is 5. The van der Waals surface area contributed by atoms with Crippen molar-refractivity contribution in [2.45, 2.75) is 83.1 Å². The van der Waals surface area contributed by atoms with Crippen LogP contribution < -0.4 is 20.9 Å². The summed E-state index contributed by atoms with van der Waals surface area (Å²) in [4.78, 5) is 82.1. The molecule has 3 N–H and O–H groups in total. The van der Waals surface area contributed by atoms with Crippen molar-refractivity contribution in [1.29, 1.82) is 0 Å². The topological polar surface area (TPSA) is 213 Å². The molecule has 9 rings (SSSR count). The molecule has 4 aliphatic rings. The molecule has 7 heterocycles. The second kappa shape index (κ2) is 16.8. The van der Waals surface area contributed by atoms with Crippen LogP contribution in [0.4, 0.5) is 26.2 Å². The summed E-state index contributed by atoms with van der Waals surface area (Å²) in [6.07, 6.45) is 12.7. The zero-order valence-electron chi connectivity index (χ0n) is 33.7. The van der Waals surface area contributed by atoms with Crippen LogP contribution in [0.25, 0.3) is 17.2 Å². The molecule has 0 radical (unpaired) electrons. The first-order valence-corrected chi connectivity index (χ1v) is 20.8. The van der Waals surface area contributed by atoms with E-state index in [-0.39, 0.29) is 29.7 Å². The van der Waals surface area contributed by atoms with Gasteiger partial charge in [-0.15, -0.1) is 0 Å². The maximum Gasteiger partial charge on any atom is 0.323 e. The Bertz CT molecular complexity index is 2540. The van der Waals surface area contributed by atoms with E-state index in [1.165, 1.54) is 6.07 Å². The van der Waals surface area contributed by atoms with E-state index >= 15 is 4.39 Å². The van der Waals surface area contributed by atoms with Gasteiger partial charge in [-0.3, -0.25) is 39.3 Å². The summed E-state index contributed by atoms with van der Waals surface area (Å²) in [7, 11) is 0. The van der Waals surface area contributed by atoms with Crippen LogP contribution in [-0.4, -0.2) is 108 Å². The van der Waals surface area contributed by atoms with Crippen LogP contribution in [-0.2, 0) is 16.0 Å².